The van der Waals surface area contributed by atoms with Crippen LogP contribution in [0.4, 0.5) is 18.0 Å². The number of ether oxygens (including phenoxy) is 2. The van der Waals surface area contributed by atoms with E-state index < -0.39 is 46.8 Å². The summed E-state index contributed by atoms with van der Waals surface area (Å²) < 4.78 is 49.1. The molecule has 1 fully saturated rings. The minimum atomic E-state index is -4.41. The summed E-state index contributed by atoms with van der Waals surface area (Å²) in [6.45, 7) is 5.57. The van der Waals surface area contributed by atoms with Crippen LogP contribution in [0.25, 0.3) is 11.1 Å². The molecule has 8 nitrogen and oxygen atoms in total. The van der Waals surface area contributed by atoms with Crippen LogP contribution in [-0.4, -0.2) is 48.3 Å². The molecule has 1 unspecified atom stereocenters. The van der Waals surface area contributed by atoms with Gasteiger partial charge in [-0.2, -0.15) is 13.2 Å². The number of primary amides is 1. The average Bonchev–Trinajstić information content (AvgIpc) is 2.83. The predicted octanol–water partition coefficient (Wildman–Crippen LogP) is 3.96. The number of carbonyl (C=O) groups is 3. The SMILES string of the molecule is CC(C)(C)OC(=O)NC1(C(=O)NC(Cc2ccc(-c3ccc(C(F)(F)F)cc3)cc2)C(N)=O)CCOCC1. The second kappa shape index (κ2) is 11.4. The van der Waals surface area contributed by atoms with E-state index in [4.69, 9.17) is 15.2 Å². The van der Waals surface area contributed by atoms with Gasteiger partial charge in [0.2, 0.25) is 11.8 Å². The maximum atomic E-state index is 13.3. The Hall–Kier alpha value is -3.60. The molecule has 0 aromatic heterocycles. The first kappa shape index (κ1) is 29.0. The number of carbonyl (C=O) groups excluding carboxylic acids is 3. The van der Waals surface area contributed by atoms with Crippen LogP contribution < -0.4 is 16.4 Å². The normalized spacial score (nSPS) is 16.3. The lowest BCUT2D eigenvalue weighted by Gasteiger charge is -2.37. The molecule has 1 heterocycles. The van der Waals surface area contributed by atoms with Crippen molar-refractivity contribution in [2.45, 2.75) is 63.4 Å². The van der Waals surface area contributed by atoms with E-state index in [1.807, 2.05) is 0 Å². The van der Waals surface area contributed by atoms with Crippen molar-refractivity contribution in [3.05, 3.63) is 59.7 Å². The van der Waals surface area contributed by atoms with E-state index in [1.165, 1.54) is 12.1 Å². The Balaban J connectivity index is 1.71. The Labute approximate surface area is 219 Å². The highest BCUT2D eigenvalue weighted by molar-refractivity contribution is 5.94. The molecule has 1 saturated heterocycles. The monoisotopic (exact) mass is 535 g/mol. The zero-order valence-electron chi connectivity index (χ0n) is 21.5. The Bertz CT molecular complexity index is 1140. The number of alkyl carbamates (subject to hydrolysis) is 1. The molecule has 0 bridgehead atoms. The van der Waals surface area contributed by atoms with Gasteiger partial charge in [0.25, 0.3) is 0 Å². The number of nitrogens with two attached hydrogens (primary N) is 1. The summed E-state index contributed by atoms with van der Waals surface area (Å²) in [6, 6.07) is 10.6. The van der Waals surface area contributed by atoms with E-state index >= 15 is 0 Å². The molecule has 2 aromatic carbocycles. The molecule has 1 aliphatic rings. The molecule has 1 aliphatic heterocycles. The van der Waals surface area contributed by atoms with Gasteiger partial charge in [0.15, 0.2) is 0 Å². The maximum absolute atomic E-state index is 13.3. The minimum absolute atomic E-state index is 0.0768. The molecule has 2 aromatic rings. The average molecular weight is 536 g/mol. The third-order valence-corrected chi connectivity index (χ3v) is 6.11. The lowest BCUT2D eigenvalue weighted by Crippen LogP contribution is -2.64. The summed E-state index contributed by atoms with van der Waals surface area (Å²) in [5.41, 5.74) is 4.70. The number of halogens is 3. The van der Waals surface area contributed by atoms with Gasteiger partial charge in [-0.25, -0.2) is 4.79 Å². The second-order valence-corrected chi connectivity index (χ2v) is 10.2. The summed E-state index contributed by atoms with van der Waals surface area (Å²) in [6.07, 6.45) is -4.73. The third kappa shape index (κ3) is 7.70. The molecule has 0 saturated carbocycles. The zero-order chi connectivity index (χ0) is 28.1. The zero-order valence-corrected chi connectivity index (χ0v) is 21.5. The van der Waals surface area contributed by atoms with Crippen LogP contribution in [0.5, 0.6) is 0 Å². The molecule has 1 atom stereocenters. The van der Waals surface area contributed by atoms with E-state index in [1.54, 1.807) is 45.0 Å². The fourth-order valence-corrected chi connectivity index (χ4v) is 4.07. The Kier molecular flexibility index (Phi) is 8.71. The standard InChI is InChI=1S/C27H32F3N3O5/c1-25(2,3)38-24(36)33-26(12-14-37-15-13-26)23(35)32-21(22(31)34)16-17-4-6-18(7-5-17)19-8-10-20(11-9-19)27(28,29)30/h4-11,21H,12-16H2,1-3H3,(H2,31,34)(H,32,35)(H,33,36). The van der Waals surface area contributed by atoms with Gasteiger partial charge >= 0.3 is 12.3 Å². The van der Waals surface area contributed by atoms with Gasteiger partial charge in [0.1, 0.15) is 17.2 Å². The molecule has 4 N–H and O–H groups in total. The molecule has 11 heteroatoms. The minimum Gasteiger partial charge on any atom is -0.444 e. The van der Waals surface area contributed by atoms with Gasteiger partial charge in [0, 0.05) is 32.5 Å². The largest absolute Gasteiger partial charge is 0.444 e. The van der Waals surface area contributed by atoms with Crippen molar-refractivity contribution >= 4 is 17.9 Å². The van der Waals surface area contributed by atoms with Crippen molar-refractivity contribution in [1.29, 1.82) is 0 Å². The Morgan fingerprint density at radius 1 is 0.974 bits per heavy atom. The first-order chi connectivity index (χ1) is 17.7. The van der Waals surface area contributed by atoms with Crippen LogP contribution >= 0.6 is 0 Å². The van der Waals surface area contributed by atoms with Gasteiger partial charge in [-0.3, -0.25) is 9.59 Å². The van der Waals surface area contributed by atoms with Crippen molar-refractivity contribution in [2.24, 2.45) is 5.73 Å². The molecule has 0 aliphatic carbocycles. The highest BCUT2D eigenvalue weighted by Gasteiger charge is 2.43. The van der Waals surface area contributed by atoms with E-state index in [-0.39, 0.29) is 32.5 Å². The number of rotatable bonds is 7. The summed E-state index contributed by atoms with van der Waals surface area (Å²) in [7, 11) is 0. The van der Waals surface area contributed by atoms with E-state index in [0.29, 0.717) is 16.7 Å². The molecule has 0 radical (unpaired) electrons. The molecule has 3 rings (SSSR count). The van der Waals surface area contributed by atoms with Crippen molar-refractivity contribution in [3.63, 3.8) is 0 Å². The summed E-state index contributed by atoms with van der Waals surface area (Å²) in [5, 5.41) is 5.32. The van der Waals surface area contributed by atoms with Crippen LogP contribution in [0.3, 0.4) is 0 Å². The van der Waals surface area contributed by atoms with Crippen molar-refractivity contribution in [3.8, 4) is 11.1 Å². The Morgan fingerprint density at radius 2 is 1.50 bits per heavy atom. The number of hydrogen-bond acceptors (Lipinski definition) is 5. The smallest absolute Gasteiger partial charge is 0.416 e. The molecular weight excluding hydrogens is 503 g/mol. The number of benzene rings is 2. The van der Waals surface area contributed by atoms with Gasteiger partial charge in [0.05, 0.1) is 5.56 Å². The molecule has 0 spiro atoms. The van der Waals surface area contributed by atoms with E-state index in [9.17, 15) is 27.6 Å². The first-order valence-electron chi connectivity index (χ1n) is 12.1. The molecule has 3 amide bonds. The van der Waals surface area contributed by atoms with Gasteiger partial charge in [-0.1, -0.05) is 36.4 Å². The van der Waals surface area contributed by atoms with Crippen molar-refractivity contribution in [2.75, 3.05) is 13.2 Å². The topological polar surface area (TPSA) is 120 Å². The predicted molar refractivity (Wildman–Crippen MR) is 134 cm³/mol. The van der Waals surface area contributed by atoms with E-state index in [0.717, 1.165) is 12.1 Å². The fourth-order valence-electron chi connectivity index (χ4n) is 4.07. The maximum Gasteiger partial charge on any atom is 0.416 e. The van der Waals surface area contributed by atoms with Crippen LogP contribution in [0.2, 0.25) is 0 Å². The highest BCUT2D eigenvalue weighted by Crippen LogP contribution is 2.31. The summed E-state index contributed by atoms with van der Waals surface area (Å²) in [4.78, 5) is 38.0. The van der Waals surface area contributed by atoms with Crippen molar-refractivity contribution < 1.29 is 37.0 Å². The second-order valence-electron chi connectivity index (χ2n) is 10.2. The molecular formula is C27H32F3N3O5. The van der Waals surface area contributed by atoms with Crippen LogP contribution in [0.15, 0.2) is 48.5 Å². The molecule has 206 valence electrons. The number of amides is 3. The number of alkyl halides is 3. The number of nitrogens with one attached hydrogen (secondary N) is 2. The summed E-state index contributed by atoms with van der Waals surface area (Å²) >= 11 is 0. The fraction of sp³-hybridized carbons (Fsp3) is 0.444. The Morgan fingerprint density at radius 3 is 1.97 bits per heavy atom. The van der Waals surface area contributed by atoms with E-state index in [2.05, 4.69) is 10.6 Å². The van der Waals surface area contributed by atoms with Crippen molar-refractivity contribution in [1.82, 2.24) is 10.6 Å². The van der Waals surface area contributed by atoms with Gasteiger partial charge in [-0.05, 0) is 49.6 Å². The quantitative estimate of drug-likeness (QED) is 0.496. The summed E-state index contributed by atoms with van der Waals surface area (Å²) in [5.74, 6) is -1.33. The van der Waals surface area contributed by atoms with Crippen LogP contribution in [-0.2, 0) is 31.7 Å². The highest BCUT2D eigenvalue weighted by atomic mass is 19.4. The lowest BCUT2D eigenvalue weighted by molar-refractivity contribution is -0.137. The van der Waals surface area contributed by atoms with Crippen LogP contribution in [0.1, 0.15) is 44.7 Å². The third-order valence-electron chi connectivity index (χ3n) is 6.11. The van der Waals surface area contributed by atoms with Crippen LogP contribution in [0, 0.1) is 0 Å². The molecule has 38 heavy (non-hydrogen) atoms. The van der Waals surface area contributed by atoms with Gasteiger partial charge in [-0.15, -0.1) is 0 Å². The first-order valence-corrected chi connectivity index (χ1v) is 12.1. The number of hydrogen-bond donors (Lipinski definition) is 3. The van der Waals surface area contributed by atoms with Gasteiger partial charge < -0.3 is 25.8 Å². The lowest BCUT2D eigenvalue weighted by atomic mass is 9.88.